The quantitative estimate of drug-likeness (QED) is 0.560. The zero-order valence-electron chi connectivity index (χ0n) is 6.26. The van der Waals surface area contributed by atoms with Gasteiger partial charge in [-0.2, -0.15) is 0 Å². The van der Waals surface area contributed by atoms with Crippen LogP contribution in [0.3, 0.4) is 0 Å². The molecule has 10 heavy (non-hydrogen) atoms. The molecule has 0 aromatic rings. The van der Waals surface area contributed by atoms with E-state index in [2.05, 4.69) is 5.32 Å². The maximum atomic E-state index is 10.3. The van der Waals surface area contributed by atoms with Crippen LogP contribution >= 0.6 is 0 Å². The van der Waals surface area contributed by atoms with Gasteiger partial charge in [-0.1, -0.05) is 0 Å². The van der Waals surface area contributed by atoms with Crippen molar-refractivity contribution in [1.29, 1.82) is 0 Å². The topological polar surface area (TPSA) is 58.6 Å². The first-order chi connectivity index (χ1) is 4.72. The van der Waals surface area contributed by atoms with Crippen LogP contribution in [0.1, 0.15) is 6.42 Å². The summed E-state index contributed by atoms with van der Waals surface area (Å²) in [5.74, 6) is -0.834. The van der Waals surface area contributed by atoms with Crippen LogP contribution in [0.15, 0.2) is 0 Å². The molecule has 0 radical (unpaired) electrons. The van der Waals surface area contributed by atoms with Gasteiger partial charge in [-0.15, -0.1) is 0 Å². The van der Waals surface area contributed by atoms with Crippen LogP contribution in [0, 0.1) is 0 Å². The Bertz CT molecular complexity index is 105. The van der Waals surface area contributed by atoms with Gasteiger partial charge in [0.05, 0.1) is 0 Å². The third-order valence-corrected chi connectivity index (χ3v) is 1.26. The lowest BCUT2D eigenvalue weighted by atomic mass is 10.2. The van der Waals surface area contributed by atoms with Crippen LogP contribution in [0.2, 0.25) is 0 Å². The molecular formula is C6H13NO3. The van der Waals surface area contributed by atoms with Gasteiger partial charge in [0.25, 0.3) is 0 Å². The molecule has 0 fully saturated rings. The number of aliphatic carboxylic acids is 1. The summed E-state index contributed by atoms with van der Waals surface area (Å²) in [6.45, 7) is 0.470. The maximum absolute atomic E-state index is 10.3. The average molecular weight is 147 g/mol. The van der Waals surface area contributed by atoms with E-state index >= 15 is 0 Å². The van der Waals surface area contributed by atoms with E-state index in [1.807, 2.05) is 0 Å². The van der Waals surface area contributed by atoms with Crippen molar-refractivity contribution >= 4 is 5.97 Å². The second kappa shape index (κ2) is 5.20. The Balaban J connectivity index is 3.50. The molecule has 2 N–H and O–H groups in total. The molecule has 0 amide bonds. The minimum Gasteiger partial charge on any atom is -0.480 e. The number of likely N-dealkylation sites (N-methyl/N-ethyl adjacent to an activating group) is 1. The van der Waals surface area contributed by atoms with Crippen molar-refractivity contribution in [2.24, 2.45) is 0 Å². The van der Waals surface area contributed by atoms with E-state index in [4.69, 9.17) is 9.84 Å². The Hall–Kier alpha value is -0.610. The van der Waals surface area contributed by atoms with Crippen LogP contribution in [0.5, 0.6) is 0 Å². The van der Waals surface area contributed by atoms with E-state index in [-0.39, 0.29) is 0 Å². The minimum atomic E-state index is -0.834. The Labute approximate surface area is 60.2 Å². The SMILES string of the molecule is CN[C@@H](CCOC)C(=O)O. The van der Waals surface area contributed by atoms with E-state index in [0.29, 0.717) is 13.0 Å². The molecule has 0 aliphatic rings. The van der Waals surface area contributed by atoms with Crippen molar-refractivity contribution in [3.8, 4) is 0 Å². The van der Waals surface area contributed by atoms with Crippen LogP contribution in [0.25, 0.3) is 0 Å². The normalized spacial score (nSPS) is 13.0. The van der Waals surface area contributed by atoms with Gasteiger partial charge in [-0.05, 0) is 13.5 Å². The first-order valence-corrected chi connectivity index (χ1v) is 3.11. The second-order valence-electron chi connectivity index (χ2n) is 1.96. The van der Waals surface area contributed by atoms with Crippen LogP contribution in [-0.2, 0) is 9.53 Å². The number of nitrogens with one attached hydrogen (secondary N) is 1. The number of methoxy groups -OCH3 is 1. The molecule has 0 saturated heterocycles. The van der Waals surface area contributed by atoms with E-state index in [9.17, 15) is 4.79 Å². The number of carboxylic acid groups (broad SMARTS) is 1. The number of hydrogen-bond acceptors (Lipinski definition) is 3. The molecule has 0 aliphatic heterocycles. The Morgan fingerprint density at radius 2 is 2.40 bits per heavy atom. The molecule has 0 aromatic carbocycles. The molecule has 4 heteroatoms. The molecule has 0 bridgehead atoms. The van der Waals surface area contributed by atoms with Crippen molar-refractivity contribution in [2.45, 2.75) is 12.5 Å². The zero-order chi connectivity index (χ0) is 7.98. The molecule has 0 aromatic heterocycles. The predicted molar refractivity (Wildman–Crippen MR) is 37.0 cm³/mol. The smallest absolute Gasteiger partial charge is 0.320 e. The molecule has 0 unspecified atom stereocenters. The third kappa shape index (κ3) is 3.42. The summed E-state index contributed by atoms with van der Waals surface area (Å²) in [4.78, 5) is 10.3. The Morgan fingerprint density at radius 3 is 2.70 bits per heavy atom. The van der Waals surface area contributed by atoms with Gasteiger partial charge in [0.1, 0.15) is 6.04 Å². The average Bonchev–Trinajstić information content (AvgIpc) is 1.89. The fraction of sp³-hybridized carbons (Fsp3) is 0.833. The monoisotopic (exact) mass is 147 g/mol. The zero-order valence-corrected chi connectivity index (χ0v) is 6.26. The lowest BCUT2D eigenvalue weighted by Crippen LogP contribution is -2.34. The fourth-order valence-electron chi connectivity index (χ4n) is 0.627. The first kappa shape index (κ1) is 9.39. The van der Waals surface area contributed by atoms with Crippen molar-refractivity contribution in [1.82, 2.24) is 5.32 Å². The third-order valence-electron chi connectivity index (χ3n) is 1.26. The predicted octanol–water partition coefficient (Wildman–Crippen LogP) is -0.305. The number of rotatable bonds is 5. The van der Waals surface area contributed by atoms with Gasteiger partial charge in [0, 0.05) is 13.7 Å². The van der Waals surface area contributed by atoms with Gasteiger partial charge in [-0.25, -0.2) is 0 Å². The Kier molecular flexibility index (Phi) is 4.88. The summed E-state index contributed by atoms with van der Waals surface area (Å²) in [6.07, 6.45) is 0.502. The molecule has 0 rings (SSSR count). The van der Waals surface area contributed by atoms with Gasteiger partial charge in [-0.3, -0.25) is 4.79 Å². The van der Waals surface area contributed by atoms with E-state index < -0.39 is 12.0 Å². The maximum Gasteiger partial charge on any atom is 0.320 e. The first-order valence-electron chi connectivity index (χ1n) is 3.11. The Morgan fingerprint density at radius 1 is 1.80 bits per heavy atom. The molecular weight excluding hydrogens is 134 g/mol. The van der Waals surface area contributed by atoms with Crippen LogP contribution in [-0.4, -0.2) is 37.9 Å². The minimum absolute atomic E-state index is 0.470. The van der Waals surface area contributed by atoms with Gasteiger partial charge in [0.15, 0.2) is 0 Å². The molecule has 4 nitrogen and oxygen atoms in total. The summed E-state index contributed by atoms with van der Waals surface area (Å²) in [6, 6.07) is -0.486. The number of carboxylic acids is 1. The highest BCUT2D eigenvalue weighted by Crippen LogP contribution is 1.90. The molecule has 60 valence electrons. The van der Waals surface area contributed by atoms with Crippen molar-refractivity contribution in [3.63, 3.8) is 0 Å². The summed E-state index contributed by atoms with van der Waals surface area (Å²) in [5, 5.41) is 11.1. The van der Waals surface area contributed by atoms with Crippen LogP contribution in [0.4, 0.5) is 0 Å². The fourth-order valence-corrected chi connectivity index (χ4v) is 0.627. The van der Waals surface area contributed by atoms with Crippen LogP contribution < -0.4 is 5.32 Å². The van der Waals surface area contributed by atoms with Crippen molar-refractivity contribution in [2.75, 3.05) is 20.8 Å². The highest BCUT2D eigenvalue weighted by molar-refractivity contribution is 5.73. The number of hydrogen-bond donors (Lipinski definition) is 2. The molecule has 0 heterocycles. The van der Waals surface area contributed by atoms with Gasteiger partial charge in [0.2, 0.25) is 0 Å². The highest BCUT2D eigenvalue weighted by atomic mass is 16.5. The lowest BCUT2D eigenvalue weighted by molar-refractivity contribution is -0.139. The van der Waals surface area contributed by atoms with Crippen molar-refractivity contribution in [3.05, 3.63) is 0 Å². The van der Waals surface area contributed by atoms with E-state index in [1.165, 1.54) is 0 Å². The molecule has 0 saturated carbocycles. The molecule has 1 atom stereocenters. The van der Waals surface area contributed by atoms with Gasteiger partial charge < -0.3 is 15.2 Å². The largest absolute Gasteiger partial charge is 0.480 e. The van der Waals surface area contributed by atoms with Gasteiger partial charge >= 0.3 is 5.97 Å². The molecule has 0 spiro atoms. The number of carbonyl (C=O) groups is 1. The summed E-state index contributed by atoms with van der Waals surface area (Å²) in [7, 11) is 3.17. The lowest BCUT2D eigenvalue weighted by Gasteiger charge is -2.08. The van der Waals surface area contributed by atoms with E-state index in [1.54, 1.807) is 14.2 Å². The summed E-state index contributed by atoms with van der Waals surface area (Å²) in [5.41, 5.74) is 0. The summed E-state index contributed by atoms with van der Waals surface area (Å²) < 4.78 is 4.72. The van der Waals surface area contributed by atoms with E-state index in [0.717, 1.165) is 0 Å². The van der Waals surface area contributed by atoms with Crippen molar-refractivity contribution < 1.29 is 14.6 Å². The standard InChI is InChI=1S/C6H13NO3/c1-7-5(6(8)9)3-4-10-2/h5,7H,3-4H2,1-2H3,(H,8,9)/t5-/m0/s1. The second-order valence-corrected chi connectivity index (χ2v) is 1.96. The number of ether oxygens (including phenoxy) is 1. The highest BCUT2D eigenvalue weighted by Gasteiger charge is 2.12. The summed E-state index contributed by atoms with van der Waals surface area (Å²) >= 11 is 0. The molecule has 0 aliphatic carbocycles.